The van der Waals surface area contributed by atoms with Crippen LogP contribution < -0.4 is 22.1 Å². The summed E-state index contributed by atoms with van der Waals surface area (Å²) in [5.41, 5.74) is 10.2. The van der Waals surface area contributed by atoms with Gasteiger partial charge in [0.2, 0.25) is 5.79 Å². The Morgan fingerprint density at radius 3 is 2.89 bits per heavy atom. The van der Waals surface area contributed by atoms with Crippen molar-refractivity contribution in [3.63, 3.8) is 0 Å². The van der Waals surface area contributed by atoms with Gasteiger partial charge in [-0.15, -0.1) is 0 Å². The molecule has 0 bridgehead atoms. The van der Waals surface area contributed by atoms with Gasteiger partial charge in [-0.25, -0.2) is 4.99 Å². The summed E-state index contributed by atoms with van der Waals surface area (Å²) >= 11 is 0. The Balaban J connectivity index is 2.19. The molecule has 108 valence electrons. The van der Waals surface area contributed by atoms with Gasteiger partial charge in [0, 0.05) is 19.9 Å². The van der Waals surface area contributed by atoms with Gasteiger partial charge in [0.1, 0.15) is 12.6 Å². The Hall–Kier alpha value is -1.42. The molecule has 0 amide bonds. The number of aliphatic hydroxyl groups is 2. The first-order valence-electron chi connectivity index (χ1n) is 5.99. The highest BCUT2D eigenvalue weighted by molar-refractivity contribution is 5.81. The normalized spacial score (nSPS) is 33.9. The highest BCUT2D eigenvalue weighted by Gasteiger charge is 2.62. The number of aliphatic imine (C=N–C) groups is 1. The molecule has 0 aromatic carbocycles. The number of hydrogen-bond donors (Lipinski definition) is 6. The van der Waals surface area contributed by atoms with Crippen LogP contribution in [-0.2, 0) is 9.53 Å². The lowest BCUT2D eigenvalue weighted by Crippen LogP contribution is -2.73. The molecule has 1 saturated heterocycles. The van der Waals surface area contributed by atoms with Crippen molar-refractivity contribution in [2.24, 2.45) is 16.5 Å². The van der Waals surface area contributed by atoms with Crippen molar-refractivity contribution in [2.45, 2.75) is 36.9 Å². The number of carbonyl (C=O) groups excluding carboxylic acids is 1. The van der Waals surface area contributed by atoms with Crippen LogP contribution in [0, 0.1) is 0 Å². The topological polar surface area (TPSA) is 155 Å². The lowest BCUT2D eigenvalue weighted by atomic mass is 9.89. The number of guanidine groups is 1. The van der Waals surface area contributed by atoms with E-state index in [4.69, 9.17) is 16.2 Å². The molecule has 1 spiro atoms. The Morgan fingerprint density at radius 2 is 2.37 bits per heavy atom. The van der Waals surface area contributed by atoms with Crippen LogP contribution in [0.1, 0.15) is 13.3 Å². The summed E-state index contributed by atoms with van der Waals surface area (Å²) in [6.45, 7) is 1.56. The quantitative estimate of drug-likeness (QED) is 0.229. The summed E-state index contributed by atoms with van der Waals surface area (Å²) in [6.07, 6.45) is 0.111. The van der Waals surface area contributed by atoms with Crippen molar-refractivity contribution in [3.8, 4) is 0 Å². The van der Waals surface area contributed by atoms with E-state index in [1.54, 1.807) is 0 Å². The second-order valence-electron chi connectivity index (χ2n) is 4.85. The van der Waals surface area contributed by atoms with Crippen LogP contribution >= 0.6 is 0 Å². The number of rotatable bonds is 3. The Morgan fingerprint density at radius 1 is 1.68 bits per heavy atom. The van der Waals surface area contributed by atoms with E-state index in [-0.39, 0.29) is 19.0 Å². The average Bonchev–Trinajstić information content (AvgIpc) is 2.78. The molecule has 3 unspecified atom stereocenters. The maximum absolute atomic E-state index is 10.8. The van der Waals surface area contributed by atoms with E-state index < -0.39 is 29.5 Å². The van der Waals surface area contributed by atoms with Crippen LogP contribution in [0.2, 0.25) is 0 Å². The van der Waals surface area contributed by atoms with E-state index in [1.807, 2.05) is 0 Å². The molecule has 0 saturated carbocycles. The van der Waals surface area contributed by atoms with Crippen molar-refractivity contribution in [2.75, 3.05) is 13.2 Å². The second-order valence-corrected chi connectivity index (χ2v) is 4.85. The third kappa shape index (κ3) is 2.25. The van der Waals surface area contributed by atoms with Gasteiger partial charge in [-0.3, -0.25) is 10.1 Å². The van der Waals surface area contributed by atoms with Gasteiger partial charge in [-0.1, -0.05) is 0 Å². The number of ether oxygens (including phenoxy) is 1. The monoisotopic (exact) mass is 273 g/mol. The van der Waals surface area contributed by atoms with Crippen LogP contribution in [0.4, 0.5) is 0 Å². The summed E-state index contributed by atoms with van der Waals surface area (Å²) in [4.78, 5) is 14.9. The molecule has 19 heavy (non-hydrogen) atoms. The molecule has 2 aliphatic rings. The van der Waals surface area contributed by atoms with Crippen LogP contribution in [-0.4, -0.2) is 58.8 Å². The van der Waals surface area contributed by atoms with E-state index >= 15 is 0 Å². The van der Waals surface area contributed by atoms with Gasteiger partial charge in [0.05, 0.1) is 6.04 Å². The van der Waals surface area contributed by atoms with Gasteiger partial charge in [0.15, 0.2) is 11.6 Å². The minimum Gasteiger partial charge on any atom is -0.464 e. The largest absolute Gasteiger partial charge is 0.464 e. The van der Waals surface area contributed by atoms with Gasteiger partial charge < -0.3 is 31.7 Å². The molecule has 9 heteroatoms. The van der Waals surface area contributed by atoms with Gasteiger partial charge in [-0.2, -0.15) is 0 Å². The molecule has 2 rings (SSSR count). The van der Waals surface area contributed by atoms with Crippen LogP contribution in [0.3, 0.4) is 0 Å². The van der Waals surface area contributed by atoms with E-state index in [2.05, 4.69) is 15.6 Å². The standard InChI is InChI=1S/C10H19N5O4/c1-5(16)19-4-6(11)7-10(15-8(12)14-7)9(17,18)2-3-13-10/h6-7,13,17-18H,2-4,11H2,1H3,(H3,12,14,15). The lowest BCUT2D eigenvalue weighted by Gasteiger charge is -2.40. The molecule has 2 aliphatic heterocycles. The third-order valence-corrected chi connectivity index (χ3v) is 3.44. The predicted molar refractivity (Wildman–Crippen MR) is 65.7 cm³/mol. The summed E-state index contributed by atoms with van der Waals surface area (Å²) in [5.74, 6) is -2.45. The number of nitrogens with one attached hydrogen (secondary N) is 2. The summed E-state index contributed by atoms with van der Waals surface area (Å²) in [7, 11) is 0. The maximum atomic E-state index is 10.8. The summed E-state index contributed by atoms with van der Waals surface area (Å²) in [5, 5.41) is 25.9. The van der Waals surface area contributed by atoms with Crippen molar-refractivity contribution >= 4 is 11.9 Å². The van der Waals surface area contributed by atoms with E-state index in [9.17, 15) is 15.0 Å². The first kappa shape index (κ1) is 14.0. The van der Waals surface area contributed by atoms with E-state index in [0.717, 1.165) is 0 Å². The predicted octanol–water partition coefficient (Wildman–Crippen LogP) is -3.47. The fraction of sp³-hybridized carbons (Fsp3) is 0.800. The number of nitrogens with two attached hydrogens (primary N) is 2. The maximum Gasteiger partial charge on any atom is 0.302 e. The van der Waals surface area contributed by atoms with E-state index in [0.29, 0.717) is 6.54 Å². The molecule has 3 atom stereocenters. The zero-order valence-corrected chi connectivity index (χ0v) is 10.6. The molecule has 0 radical (unpaired) electrons. The van der Waals surface area contributed by atoms with Gasteiger partial charge in [0.25, 0.3) is 0 Å². The zero-order chi connectivity index (χ0) is 14.3. The number of hydrogen-bond acceptors (Lipinski definition) is 9. The Kier molecular flexibility index (Phi) is 3.39. The van der Waals surface area contributed by atoms with Crippen molar-refractivity contribution in [1.82, 2.24) is 10.6 Å². The molecule has 0 aromatic heterocycles. The molecular weight excluding hydrogens is 254 g/mol. The van der Waals surface area contributed by atoms with Crippen molar-refractivity contribution < 1.29 is 19.7 Å². The smallest absolute Gasteiger partial charge is 0.302 e. The minimum atomic E-state index is -2.05. The number of nitrogens with zero attached hydrogens (tertiary/aromatic N) is 1. The highest BCUT2D eigenvalue weighted by Crippen LogP contribution is 2.34. The lowest BCUT2D eigenvalue weighted by molar-refractivity contribution is -0.207. The van der Waals surface area contributed by atoms with E-state index in [1.165, 1.54) is 6.92 Å². The first-order chi connectivity index (χ1) is 8.78. The Labute approximate surface area is 110 Å². The Bertz CT molecular complexity index is 413. The van der Waals surface area contributed by atoms with Gasteiger partial charge >= 0.3 is 5.97 Å². The average molecular weight is 273 g/mol. The van der Waals surface area contributed by atoms with Crippen molar-refractivity contribution in [3.05, 3.63) is 0 Å². The fourth-order valence-electron chi connectivity index (χ4n) is 2.53. The third-order valence-electron chi connectivity index (χ3n) is 3.44. The van der Waals surface area contributed by atoms with Crippen LogP contribution in [0.5, 0.6) is 0 Å². The molecule has 2 heterocycles. The molecule has 8 N–H and O–H groups in total. The molecular formula is C10H19N5O4. The summed E-state index contributed by atoms with van der Waals surface area (Å²) < 4.78 is 4.83. The number of esters is 1. The first-order valence-corrected chi connectivity index (χ1v) is 5.99. The zero-order valence-electron chi connectivity index (χ0n) is 10.6. The fourth-order valence-corrected chi connectivity index (χ4v) is 2.53. The van der Waals surface area contributed by atoms with Crippen LogP contribution in [0.25, 0.3) is 0 Å². The second kappa shape index (κ2) is 4.60. The SMILES string of the molecule is CC(=O)OCC(N)C1N=C(N)NC12NCCC2(O)O. The molecule has 9 nitrogen and oxygen atoms in total. The minimum absolute atomic E-state index is 0.0603. The molecule has 0 aromatic rings. The summed E-state index contributed by atoms with van der Waals surface area (Å²) in [6, 6.07) is -1.48. The highest BCUT2D eigenvalue weighted by atomic mass is 16.5. The van der Waals surface area contributed by atoms with Crippen LogP contribution in [0.15, 0.2) is 4.99 Å². The molecule has 1 fully saturated rings. The molecule has 0 aliphatic carbocycles. The van der Waals surface area contributed by atoms with Crippen molar-refractivity contribution in [1.29, 1.82) is 0 Å². The number of carbonyl (C=O) groups is 1. The van der Waals surface area contributed by atoms with Gasteiger partial charge in [-0.05, 0) is 0 Å².